The second kappa shape index (κ2) is 7.35. The first kappa shape index (κ1) is 18.5. The SMILES string of the molecule is Cc1noc(C)c1-c1c2c(nc(C3CCCCC3)c1-c1nn[nH]n1)CCC(C)C2. The van der Waals surface area contributed by atoms with E-state index in [1.165, 1.54) is 55.3 Å². The van der Waals surface area contributed by atoms with Crippen molar-refractivity contribution in [3.8, 4) is 22.5 Å². The number of aromatic nitrogens is 6. The van der Waals surface area contributed by atoms with E-state index in [1.54, 1.807) is 0 Å². The molecule has 0 aliphatic heterocycles. The van der Waals surface area contributed by atoms with E-state index in [2.05, 4.69) is 32.7 Å². The molecular weight excluding hydrogens is 364 g/mol. The third-order valence-electron chi connectivity index (χ3n) is 6.68. The van der Waals surface area contributed by atoms with Crippen LogP contribution in [-0.2, 0) is 12.8 Å². The van der Waals surface area contributed by atoms with Gasteiger partial charge in [0.05, 0.1) is 17.0 Å². The Hall–Kier alpha value is -2.57. The normalized spacial score (nSPS) is 20.0. The van der Waals surface area contributed by atoms with E-state index < -0.39 is 0 Å². The van der Waals surface area contributed by atoms with Crippen LogP contribution >= 0.6 is 0 Å². The number of H-pyrrole nitrogens is 1. The Kier molecular flexibility index (Phi) is 4.68. The predicted molar refractivity (Wildman–Crippen MR) is 109 cm³/mol. The van der Waals surface area contributed by atoms with Crippen LogP contribution < -0.4 is 0 Å². The molecule has 1 atom stereocenters. The maximum atomic E-state index is 5.59. The van der Waals surface area contributed by atoms with Gasteiger partial charge in [-0.05, 0) is 62.6 Å². The van der Waals surface area contributed by atoms with Crippen molar-refractivity contribution in [2.24, 2.45) is 5.92 Å². The maximum Gasteiger partial charge on any atom is 0.207 e. The van der Waals surface area contributed by atoms with Gasteiger partial charge in [0, 0.05) is 22.7 Å². The second-order valence-corrected chi connectivity index (χ2v) is 8.79. The van der Waals surface area contributed by atoms with Gasteiger partial charge < -0.3 is 4.52 Å². The highest BCUT2D eigenvalue weighted by Gasteiger charge is 2.33. The molecule has 7 heteroatoms. The summed E-state index contributed by atoms with van der Waals surface area (Å²) in [6.45, 7) is 6.34. The van der Waals surface area contributed by atoms with Gasteiger partial charge in [-0.2, -0.15) is 5.21 Å². The van der Waals surface area contributed by atoms with Crippen LogP contribution in [0.25, 0.3) is 22.5 Å². The molecule has 0 saturated heterocycles. The molecule has 5 rings (SSSR count). The van der Waals surface area contributed by atoms with E-state index in [9.17, 15) is 0 Å². The van der Waals surface area contributed by atoms with Crippen LogP contribution in [0.2, 0.25) is 0 Å². The summed E-state index contributed by atoms with van der Waals surface area (Å²) in [5.41, 5.74) is 7.91. The van der Waals surface area contributed by atoms with Gasteiger partial charge in [-0.1, -0.05) is 31.3 Å². The summed E-state index contributed by atoms with van der Waals surface area (Å²) in [6, 6.07) is 0. The minimum Gasteiger partial charge on any atom is -0.361 e. The standard InChI is InChI=1S/C22H28N6O/c1-12-9-10-17-16(11-12)19(18-13(2)26-29-14(18)3)20(22-24-27-28-25-22)21(23-17)15-7-5-4-6-8-15/h12,15H,4-11H2,1-3H3,(H,24,25,27,28). The van der Waals surface area contributed by atoms with Crippen LogP contribution in [-0.4, -0.2) is 30.8 Å². The number of fused-ring (bicyclic) bond motifs is 1. The highest BCUT2D eigenvalue weighted by molar-refractivity contribution is 5.87. The number of rotatable bonds is 3. The van der Waals surface area contributed by atoms with E-state index in [-0.39, 0.29) is 0 Å². The van der Waals surface area contributed by atoms with E-state index in [0.29, 0.717) is 17.7 Å². The fourth-order valence-electron chi connectivity index (χ4n) is 5.23. The summed E-state index contributed by atoms with van der Waals surface area (Å²) in [5.74, 6) is 2.55. The minimum atomic E-state index is 0.445. The van der Waals surface area contributed by atoms with Gasteiger partial charge in [-0.3, -0.25) is 4.98 Å². The molecule has 1 saturated carbocycles. The monoisotopic (exact) mass is 392 g/mol. The van der Waals surface area contributed by atoms with Gasteiger partial charge in [-0.15, -0.1) is 10.2 Å². The first-order chi connectivity index (χ1) is 14.1. The van der Waals surface area contributed by atoms with E-state index in [0.717, 1.165) is 41.1 Å². The predicted octanol–water partition coefficient (Wildman–Crippen LogP) is 4.71. The van der Waals surface area contributed by atoms with Gasteiger partial charge in [-0.25, -0.2) is 0 Å². The third kappa shape index (κ3) is 3.16. The molecule has 1 fully saturated rings. The van der Waals surface area contributed by atoms with Crippen molar-refractivity contribution < 1.29 is 4.52 Å². The largest absolute Gasteiger partial charge is 0.361 e. The fraction of sp³-hybridized carbons (Fsp3) is 0.591. The van der Waals surface area contributed by atoms with Crippen molar-refractivity contribution >= 4 is 0 Å². The molecular formula is C22H28N6O. The molecule has 152 valence electrons. The average Bonchev–Trinajstić information content (AvgIpc) is 3.37. The quantitative estimate of drug-likeness (QED) is 0.694. The molecule has 29 heavy (non-hydrogen) atoms. The minimum absolute atomic E-state index is 0.445. The molecule has 2 aliphatic rings. The Morgan fingerprint density at radius 2 is 1.83 bits per heavy atom. The summed E-state index contributed by atoms with van der Waals surface area (Å²) >= 11 is 0. The number of nitrogens with zero attached hydrogens (tertiary/aromatic N) is 5. The van der Waals surface area contributed by atoms with Gasteiger partial charge >= 0.3 is 0 Å². The number of aryl methyl sites for hydroxylation is 3. The third-order valence-corrected chi connectivity index (χ3v) is 6.68. The molecule has 1 N–H and O–H groups in total. The molecule has 0 aromatic carbocycles. The summed E-state index contributed by atoms with van der Waals surface area (Å²) < 4.78 is 5.59. The Balaban J connectivity index is 1.84. The molecule has 7 nitrogen and oxygen atoms in total. The van der Waals surface area contributed by atoms with Crippen LogP contribution in [0.4, 0.5) is 0 Å². The van der Waals surface area contributed by atoms with Gasteiger partial charge in [0.25, 0.3) is 0 Å². The number of hydrogen-bond acceptors (Lipinski definition) is 6. The van der Waals surface area contributed by atoms with Crippen molar-refractivity contribution in [2.45, 2.75) is 78.1 Å². The lowest BCUT2D eigenvalue weighted by Crippen LogP contribution is -2.19. The summed E-state index contributed by atoms with van der Waals surface area (Å²) in [7, 11) is 0. The number of hydrogen-bond donors (Lipinski definition) is 1. The smallest absolute Gasteiger partial charge is 0.207 e. The Morgan fingerprint density at radius 1 is 1.00 bits per heavy atom. The molecule has 0 spiro atoms. The Morgan fingerprint density at radius 3 is 2.52 bits per heavy atom. The number of pyridine rings is 1. The van der Waals surface area contributed by atoms with Crippen LogP contribution in [0.15, 0.2) is 4.52 Å². The zero-order valence-corrected chi connectivity index (χ0v) is 17.5. The fourth-order valence-corrected chi connectivity index (χ4v) is 5.23. The molecule has 0 amide bonds. The number of tetrazole rings is 1. The number of nitrogens with one attached hydrogen (secondary N) is 1. The van der Waals surface area contributed by atoms with Crippen molar-refractivity contribution in [3.05, 3.63) is 28.4 Å². The molecule has 0 radical (unpaired) electrons. The topological polar surface area (TPSA) is 93.4 Å². The molecule has 3 heterocycles. The average molecular weight is 393 g/mol. The highest BCUT2D eigenvalue weighted by atomic mass is 16.5. The Bertz CT molecular complexity index is 997. The summed E-state index contributed by atoms with van der Waals surface area (Å²) in [4.78, 5) is 5.28. The van der Waals surface area contributed by atoms with E-state index >= 15 is 0 Å². The van der Waals surface area contributed by atoms with Gasteiger partial charge in [0.1, 0.15) is 5.76 Å². The van der Waals surface area contributed by atoms with Crippen molar-refractivity contribution in [1.29, 1.82) is 0 Å². The van der Waals surface area contributed by atoms with Crippen LogP contribution in [0.1, 0.15) is 79.8 Å². The lowest BCUT2D eigenvalue weighted by molar-refractivity contribution is 0.393. The maximum absolute atomic E-state index is 5.59. The van der Waals surface area contributed by atoms with Crippen LogP contribution in [0.5, 0.6) is 0 Å². The zero-order valence-electron chi connectivity index (χ0n) is 17.5. The van der Waals surface area contributed by atoms with Gasteiger partial charge in [0.2, 0.25) is 5.82 Å². The van der Waals surface area contributed by atoms with E-state index in [1.807, 2.05) is 13.8 Å². The molecule has 0 bridgehead atoms. The Labute approximate surface area is 170 Å². The van der Waals surface area contributed by atoms with Crippen LogP contribution in [0.3, 0.4) is 0 Å². The molecule has 3 aromatic rings. The number of aromatic amines is 1. The van der Waals surface area contributed by atoms with Crippen molar-refractivity contribution in [3.63, 3.8) is 0 Å². The van der Waals surface area contributed by atoms with Gasteiger partial charge in [0.15, 0.2) is 0 Å². The molecule has 2 aliphatic carbocycles. The first-order valence-electron chi connectivity index (χ1n) is 10.9. The van der Waals surface area contributed by atoms with E-state index in [4.69, 9.17) is 9.51 Å². The zero-order chi connectivity index (χ0) is 20.0. The van der Waals surface area contributed by atoms with Crippen molar-refractivity contribution in [2.75, 3.05) is 0 Å². The van der Waals surface area contributed by atoms with Crippen LogP contribution in [0, 0.1) is 19.8 Å². The summed E-state index contributed by atoms with van der Waals surface area (Å²) in [6.07, 6.45) is 9.40. The lowest BCUT2D eigenvalue weighted by Gasteiger charge is -2.30. The summed E-state index contributed by atoms with van der Waals surface area (Å²) in [5, 5.41) is 19.6. The lowest BCUT2D eigenvalue weighted by atomic mass is 9.77. The molecule has 3 aromatic heterocycles. The van der Waals surface area contributed by atoms with Crippen molar-refractivity contribution in [1.82, 2.24) is 30.8 Å². The molecule has 1 unspecified atom stereocenters. The first-order valence-corrected chi connectivity index (χ1v) is 10.9. The second-order valence-electron chi connectivity index (χ2n) is 8.79. The highest BCUT2D eigenvalue weighted by Crippen LogP contribution is 2.46.